The zero-order valence-corrected chi connectivity index (χ0v) is 10.8. The Bertz CT molecular complexity index is 458. The second-order valence-electron chi connectivity index (χ2n) is 4.57. The van der Waals surface area contributed by atoms with Crippen molar-refractivity contribution in [1.82, 2.24) is 15.8 Å². The highest BCUT2D eigenvalue weighted by atomic mass is 16.5. The third-order valence-corrected chi connectivity index (χ3v) is 3.12. The predicted molar refractivity (Wildman–Crippen MR) is 67.2 cm³/mol. The molecule has 2 rings (SSSR count). The van der Waals surface area contributed by atoms with Gasteiger partial charge in [0, 0.05) is 18.0 Å². The van der Waals surface area contributed by atoms with Crippen LogP contribution in [0.3, 0.4) is 0 Å². The van der Waals surface area contributed by atoms with Gasteiger partial charge in [-0.3, -0.25) is 15.2 Å². The van der Waals surface area contributed by atoms with Crippen molar-refractivity contribution in [3.8, 4) is 0 Å². The van der Waals surface area contributed by atoms with Crippen molar-refractivity contribution in [2.24, 2.45) is 0 Å². The van der Waals surface area contributed by atoms with Crippen LogP contribution >= 0.6 is 0 Å². The normalized spacial score (nSPS) is 33.7. The molecule has 2 heterocycles. The molecular formula is C12H17N3O5. The lowest BCUT2D eigenvalue weighted by Gasteiger charge is -2.39. The number of nitrogens with one attached hydrogen (secondary N) is 2. The smallest absolute Gasteiger partial charge is 0.265 e. The van der Waals surface area contributed by atoms with Crippen LogP contribution < -0.4 is 10.9 Å². The molecule has 1 aliphatic rings. The lowest BCUT2D eigenvalue weighted by atomic mass is 9.99. The largest absolute Gasteiger partial charge is 0.388 e. The summed E-state index contributed by atoms with van der Waals surface area (Å²) in [6.07, 6.45) is -2.64. The molecule has 1 amide bonds. The van der Waals surface area contributed by atoms with Crippen LogP contribution in [0, 0.1) is 0 Å². The van der Waals surface area contributed by atoms with Gasteiger partial charge in [-0.25, -0.2) is 5.43 Å². The highest BCUT2D eigenvalue weighted by molar-refractivity contribution is 5.93. The van der Waals surface area contributed by atoms with E-state index in [0.29, 0.717) is 5.56 Å². The number of aliphatic hydroxyl groups excluding tert-OH is 3. The summed E-state index contributed by atoms with van der Waals surface area (Å²) in [6.45, 7) is 1.55. The molecule has 1 aliphatic heterocycles. The molecule has 1 saturated heterocycles. The molecule has 1 aromatic rings. The van der Waals surface area contributed by atoms with Gasteiger partial charge >= 0.3 is 0 Å². The Morgan fingerprint density at radius 3 is 2.50 bits per heavy atom. The van der Waals surface area contributed by atoms with Gasteiger partial charge in [-0.05, 0) is 19.1 Å². The second-order valence-corrected chi connectivity index (χ2v) is 4.57. The summed E-state index contributed by atoms with van der Waals surface area (Å²) >= 11 is 0. The Kier molecular flexibility index (Phi) is 4.63. The minimum Gasteiger partial charge on any atom is -0.388 e. The van der Waals surface area contributed by atoms with Gasteiger partial charge in [0.05, 0.1) is 6.10 Å². The van der Waals surface area contributed by atoms with Gasteiger partial charge in [-0.2, -0.15) is 0 Å². The van der Waals surface area contributed by atoms with E-state index < -0.39 is 36.6 Å². The fourth-order valence-corrected chi connectivity index (χ4v) is 1.88. The number of carbonyl (C=O) groups excluding carboxylic acids is 1. The molecule has 20 heavy (non-hydrogen) atoms. The first-order valence-corrected chi connectivity index (χ1v) is 6.16. The molecule has 5 N–H and O–H groups in total. The molecule has 110 valence electrons. The Labute approximate surface area is 115 Å². The summed E-state index contributed by atoms with van der Waals surface area (Å²) in [7, 11) is 0. The topological polar surface area (TPSA) is 124 Å². The number of hydrogen-bond donors (Lipinski definition) is 5. The van der Waals surface area contributed by atoms with Crippen molar-refractivity contribution in [3.05, 3.63) is 30.1 Å². The molecule has 0 unspecified atom stereocenters. The molecule has 5 atom stereocenters. The molecule has 8 nitrogen and oxygen atoms in total. The minimum absolute atomic E-state index is 0.381. The third kappa shape index (κ3) is 3.11. The van der Waals surface area contributed by atoms with Crippen LogP contribution in [0.4, 0.5) is 0 Å². The van der Waals surface area contributed by atoms with E-state index in [0.717, 1.165) is 0 Å². The fraction of sp³-hybridized carbons (Fsp3) is 0.500. The van der Waals surface area contributed by atoms with Gasteiger partial charge in [0.1, 0.15) is 18.3 Å². The Morgan fingerprint density at radius 1 is 1.20 bits per heavy atom. The monoisotopic (exact) mass is 283 g/mol. The van der Waals surface area contributed by atoms with Crippen molar-refractivity contribution >= 4 is 5.91 Å². The number of carbonyl (C=O) groups is 1. The quantitative estimate of drug-likeness (QED) is 0.412. The summed E-state index contributed by atoms with van der Waals surface area (Å²) in [5.41, 5.74) is 5.23. The average Bonchev–Trinajstić information content (AvgIpc) is 2.48. The van der Waals surface area contributed by atoms with Crippen LogP contribution in [0.25, 0.3) is 0 Å². The first-order chi connectivity index (χ1) is 9.50. The van der Waals surface area contributed by atoms with Gasteiger partial charge in [-0.1, -0.05) is 0 Å². The minimum atomic E-state index is -1.36. The predicted octanol–water partition coefficient (Wildman–Crippen LogP) is -1.86. The maximum absolute atomic E-state index is 11.8. The lowest BCUT2D eigenvalue weighted by molar-refractivity contribution is -0.226. The zero-order chi connectivity index (χ0) is 14.7. The zero-order valence-electron chi connectivity index (χ0n) is 10.8. The SMILES string of the molecule is C[C@@H]1O[C@H](NNC(=O)c2ccncc2)[C@H](O)[C@@H](O)[C@@H]1O. The molecular weight excluding hydrogens is 266 g/mol. The number of hydrazine groups is 1. The number of rotatable bonds is 3. The van der Waals surface area contributed by atoms with E-state index in [1.165, 1.54) is 24.5 Å². The first-order valence-electron chi connectivity index (χ1n) is 6.16. The molecule has 0 bridgehead atoms. The average molecular weight is 283 g/mol. The van der Waals surface area contributed by atoms with E-state index >= 15 is 0 Å². The fourth-order valence-electron chi connectivity index (χ4n) is 1.88. The van der Waals surface area contributed by atoms with Crippen molar-refractivity contribution in [2.45, 2.75) is 37.6 Å². The summed E-state index contributed by atoms with van der Waals surface area (Å²) in [5.74, 6) is -0.434. The maximum Gasteiger partial charge on any atom is 0.265 e. The summed E-state index contributed by atoms with van der Waals surface area (Å²) in [5, 5.41) is 28.9. The van der Waals surface area contributed by atoms with Crippen LogP contribution in [0.2, 0.25) is 0 Å². The molecule has 1 fully saturated rings. The molecule has 0 spiro atoms. The summed E-state index contributed by atoms with van der Waals surface area (Å²) in [4.78, 5) is 15.6. The first kappa shape index (κ1) is 14.8. The molecule has 0 radical (unpaired) electrons. The van der Waals surface area contributed by atoms with E-state index in [1.54, 1.807) is 6.92 Å². The second kappa shape index (κ2) is 6.25. The molecule has 0 saturated carbocycles. The molecule has 8 heteroatoms. The molecule has 0 aliphatic carbocycles. The van der Waals surface area contributed by atoms with E-state index in [2.05, 4.69) is 15.8 Å². The van der Waals surface area contributed by atoms with Crippen LogP contribution in [0.5, 0.6) is 0 Å². The van der Waals surface area contributed by atoms with Gasteiger partial charge in [0.25, 0.3) is 5.91 Å². The molecule has 0 aromatic carbocycles. The van der Waals surface area contributed by atoms with Gasteiger partial charge < -0.3 is 20.1 Å². The van der Waals surface area contributed by atoms with Crippen molar-refractivity contribution in [3.63, 3.8) is 0 Å². The van der Waals surface area contributed by atoms with Gasteiger partial charge in [0.15, 0.2) is 6.23 Å². The maximum atomic E-state index is 11.8. The number of pyridine rings is 1. The van der Waals surface area contributed by atoms with Crippen molar-refractivity contribution in [2.75, 3.05) is 0 Å². The Balaban J connectivity index is 1.92. The van der Waals surface area contributed by atoms with E-state index in [1.807, 2.05) is 0 Å². The lowest BCUT2D eigenvalue weighted by Crippen LogP contribution is -2.63. The number of hydrogen-bond acceptors (Lipinski definition) is 7. The van der Waals surface area contributed by atoms with Gasteiger partial charge in [-0.15, -0.1) is 0 Å². The standard InChI is InChI=1S/C12H17N3O5/c1-6-8(16)9(17)10(18)12(20-6)15-14-11(19)7-2-4-13-5-3-7/h2-6,8-10,12,15-18H,1H3,(H,14,19)/t6-,8+,9-,10+,12-/m0/s1. The third-order valence-electron chi connectivity index (χ3n) is 3.12. The number of amides is 1. The van der Waals surface area contributed by atoms with Crippen molar-refractivity contribution < 1.29 is 24.9 Å². The Morgan fingerprint density at radius 2 is 1.85 bits per heavy atom. The van der Waals surface area contributed by atoms with E-state index in [9.17, 15) is 20.1 Å². The van der Waals surface area contributed by atoms with Crippen LogP contribution in [0.15, 0.2) is 24.5 Å². The number of aliphatic hydroxyl groups is 3. The molecule has 1 aromatic heterocycles. The van der Waals surface area contributed by atoms with Gasteiger partial charge in [0.2, 0.25) is 0 Å². The number of aromatic nitrogens is 1. The Hall–Kier alpha value is -1.58. The highest BCUT2D eigenvalue weighted by Gasteiger charge is 2.41. The highest BCUT2D eigenvalue weighted by Crippen LogP contribution is 2.18. The van der Waals surface area contributed by atoms with Crippen LogP contribution in [0.1, 0.15) is 17.3 Å². The van der Waals surface area contributed by atoms with Crippen molar-refractivity contribution in [1.29, 1.82) is 0 Å². The summed E-state index contributed by atoms with van der Waals surface area (Å²) in [6, 6.07) is 3.05. The van der Waals surface area contributed by atoms with E-state index in [-0.39, 0.29) is 0 Å². The summed E-state index contributed by atoms with van der Waals surface area (Å²) < 4.78 is 5.27. The number of ether oxygens (including phenoxy) is 1. The van der Waals surface area contributed by atoms with E-state index in [4.69, 9.17) is 4.74 Å². The van der Waals surface area contributed by atoms with Crippen LogP contribution in [-0.2, 0) is 4.74 Å². The number of nitrogens with zero attached hydrogens (tertiary/aromatic N) is 1. The van der Waals surface area contributed by atoms with Crippen LogP contribution in [-0.4, -0.2) is 56.9 Å².